The molecule has 198 valence electrons. The molecule has 3 rings (SSSR count). The van der Waals surface area contributed by atoms with Crippen molar-refractivity contribution >= 4 is 33.2 Å². The molecule has 0 aliphatic rings. The number of carbonyl (C=O) groups excluding carboxylic acids is 1. The first-order valence-corrected chi connectivity index (χ1v) is 13.6. The van der Waals surface area contributed by atoms with E-state index in [4.69, 9.17) is 21.1 Å². The van der Waals surface area contributed by atoms with Crippen molar-refractivity contribution in [1.82, 2.24) is 10.0 Å². The van der Waals surface area contributed by atoms with E-state index in [0.29, 0.717) is 27.8 Å². The first-order valence-electron chi connectivity index (χ1n) is 11.7. The van der Waals surface area contributed by atoms with Crippen LogP contribution in [0.2, 0.25) is 5.02 Å². The topological polar surface area (TPSA) is 106 Å². The van der Waals surface area contributed by atoms with Gasteiger partial charge in [-0.25, -0.2) is 13.1 Å². The minimum Gasteiger partial charge on any atom is -0.493 e. The molecule has 0 spiro atoms. The molecule has 0 saturated carbocycles. The minimum absolute atomic E-state index is 0.0258. The number of halogens is 1. The zero-order valence-electron chi connectivity index (χ0n) is 21.5. The van der Waals surface area contributed by atoms with Crippen LogP contribution in [0, 0.1) is 0 Å². The molecule has 3 N–H and O–H groups in total. The van der Waals surface area contributed by atoms with Gasteiger partial charge in [0.2, 0.25) is 10.0 Å². The predicted molar refractivity (Wildman–Crippen MR) is 146 cm³/mol. The van der Waals surface area contributed by atoms with Crippen molar-refractivity contribution in [3.05, 3.63) is 82.4 Å². The van der Waals surface area contributed by atoms with E-state index < -0.39 is 15.9 Å². The van der Waals surface area contributed by atoms with E-state index >= 15 is 0 Å². The Labute approximate surface area is 223 Å². The van der Waals surface area contributed by atoms with E-state index in [0.717, 1.165) is 5.56 Å². The summed E-state index contributed by atoms with van der Waals surface area (Å²) in [6.45, 7) is 5.58. The summed E-state index contributed by atoms with van der Waals surface area (Å²) >= 11 is 6.50. The maximum Gasteiger partial charge on any atom is 0.251 e. The average Bonchev–Trinajstić information content (AvgIpc) is 2.87. The van der Waals surface area contributed by atoms with Crippen LogP contribution in [0.1, 0.15) is 48.3 Å². The molecule has 0 fully saturated rings. The van der Waals surface area contributed by atoms with Gasteiger partial charge in [0.1, 0.15) is 0 Å². The van der Waals surface area contributed by atoms with Gasteiger partial charge in [-0.05, 0) is 56.2 Å². The van der Waals surface area contributed by atoms with Crippen LogP contribution in [-0.2, 0) is 16.6 Å². The normalized spacial score (nSPS) is 12.2. The van der Waals surface area contributed by atoms with Crippen molar-refractivity contribution in [1.29, 1.82) is 0 Å². The Morgan fingerprint density at radius 3 is 2.30 bits per heavy atom. The highest BCUT2D eigenvalue weighted by atomic mass is 35.5. The Morgan fingerprint density at radius 1 is 0.973 bits per heavy atom. The largest absolute Gasteiger partial charge is 0.493 e. The summed E-state index contributed by atoms with van der Waals surface area (Å²) < 4.78 is 39.2. The van der Waals surface area contributed by atoms with Gasteiger partial charge >= 0.3 is 0 Å². The third kappa shape index (κ3) is 7.15. The summed E-state index contributed by atoms with van der Waals surface area (Å²) in [4.78, 5) is 13.1. The Morgan fingerprint density at radius 2 is 1.68 bits per heavy atom. The molecule has 10 heteroatoms. The monoisotopic (exact) mass is 545 g/mol. The number of hydrogen-bond acceptors (Lipinski definition) is 6. The molecule has 37 heavy (non-hydrogen) atoms. The van der Waals surface area contributed by atoms with Gasteiger partial charge in [-0.2, -0.15) is 0 Å². The lowest BCUT2D eigenvalue weighted by atomic mass is 10.1. The molecular formula is C27H32ClN3O5S. The average molecular weight is 546 g/mol. The molecule has 0 bridgehead atoms. The molecule has 0 radical (unpaired) electrons. The van der Waals surface area contributed by atoms with Crippen LogP contribution in [0.3, 0.4) is 0 Å². The number of carbonyl (C=O) groups is 1. The lowest BCUT2D eigenvalue weighted by molar-refractivity contribution is 0.0939. The molecular weight excluding hydrogens is 514 g/mol. The lowest BCUT2D eigenvalue weighted by Gasteiger charge is -2.17. The summed E-state index contributed by atoms with van der Waals surface area (Å²) in [5.41, 5.74) is 2.28. The highest BCUT2D eigenvalue weighted by Gasteiger charge is 2.21. The van der Waals surface area contributed by atoms with Crippen molar-refractivity contribution in [2.24, 2.45) is 0 Å². The molecule has 0 heterocycles. The van der Waals surface area contributed by atoms with Crippen molar-refractivity contribution < 1.29 is 22.7 Å². The number of hydrogen-bond donors (Lipinski definition) is 3. The highest BCUT2D eigenvalue weighted by molar-refractivity contribution is 7.89. The fraction of sp³-hybridized carbons (Fsp3) is 0.296. The maximum absolute atomic E-state index is 13.2. The van der Waals surface area contributed by atoms with Gasteiger partial charge in [0, 0.05) is 23.8 Å². The fourth-order valence-electron chi connectivity index (χ4n) is 3.73. The molecule has 0 saturated heterocycles. The van der Waals surface area contributed by atoms with Gasteiger partial charge in [-0.15, -0.1) is 0 Å². The zero-order chi connectivity index (χ0) is 27.2. The lowest BCUT2D eigenvalue weighted by Crippen LogP contribution is -2.31. The predicted octanol–water partition coefficient (Wildman–Crippen LogP) is 5.15. The highest BCUT2D eigenvalue weighted by Crippen LogP contribution is 2.37. The van der Waals surface area contributed by atoms with Gasteiger partial charge in [0.05, 0.1) is 30.2 Å². The minimum atomic E-state index is -3.86. The number of benzene rings is 3. The first-order chi connectivity index (χ1) is 17.6. The van der Waals surface area contributed by atoms with Crippen molar-refractivity contribution in [2.75, 3.05) is 19.5 Å². The van der Waals surface area contributed by atoms with Crippen LogP contribution in [0.25, 0.3) is 0 Å². The second-order valence-corrected chi connectivity index (χ2v) is 10.8. The maximum atomic E-state index is 13.2. The summed E-state index contributed by atoms with van der Waals surface area (Å²) in [6.07, 6.45) is 0. The number of nitrogens with one attached hydrogen (secondary N) is 3. The standard InChI is InChI=1S/C27H32ClN3O5S/c1-17(2)31-37(33,34)23-14-21(27(32)30-18(3)19-9-7-6-8-10-19)13-22(15-23)29-16-20-11-12-24(35-4)26(36-5)25(20)28/h6-15,17-18,29,31H,16H2,1-5H3,(H,30,32)/t18-/m0/s1. The number of anilines is 1. The molecule has 0 aliphatic carbocycles. The molecule has 8 nitrogen and oxygen atoms in total. The Balaban J connectivity index is 1.93. The van der Waals surface area contributed by atoms with Crippen molar-refractivity contribution in [3.63, 3.8) is 0 Å². The third-order valence-electron chi connectivity index (χ3n) is 5.57. The van der Waals surface area contributed by atoms with E-state index in [1.165, 1.54) is 26.4 Å². The molecule has 3 aromatic rings. The van der Waals surface area contributed by atoms with Crippen LogP contribution >= 0.6 is 11.6 Å². The molecule has 1 atom stereocenters. The second-order valence-electron chi connectivity index (χ2n) is 8.76. The van der Waals surface area contributed by atoms with Gasteiger partial charge in [-0.3, -0.25) is 4.79 Å². The first kappa shape index (κ1) is 28.3. The summed E-state index contributed by atoms with van der Waals surface area (Å²) in [5, 5.41) is 6.49. The van der Waals surface area contributed by atoms with Gasteiger partial charge < -0.3 is 20.1 Å². The van der Waals surface area contributed by atoms with E-state index in [-0.39, 0.29) is 29.1 Å². The second kappa shape index (κ2) is 12.3. The quantitative estimate of drug-likeness (QED) is 0.308. The fourth-order valence-corrected chi connectivity index (χ4v) is 5.36. The van der Waals surface area contributed by atoms with Gasteiger partial charge in [-0.1, -0.05) is 48.0 Å². The summed E-state index contributed by atoms with van der Waals surface area (Å²) in [6, 6.07) is 16.9. The van der Waals surface area contributed by atoms with Crippen LogP contribution in [0.15, 0.2) is 65.6 Å². The van der Waals surface area contributed by atoms with Crippen LogP contribution in [0.5, 0.6) is 11.5 Å². The van der Waals surface area contributed by atoms with E-state index in [9.17, 15) is 13.2 Å². The van der Waals surface area contributed by atoms with Crippen molar-refractivity contribution in [3.8, 4) is 11.5 Å². The number of methoxy groups -OCH3 is 2. The number of amides is 1. The summed E-state index contributed by atoms with van der Waals surface area (Å²) in [5.74, 6) is 0.497. The summed E-state index contributed by atoms with van der Waals surface area (Å²) in [7, 11) is -0.841. The molecule has 0 aliphatic heterocycles. The molecule has 0 unspecified atom stereocenters. The Bertz CT molecular complexity index is 1350. The SMILES string of the molecule is COc1ccc(CNc2cc(C(=O)N[C@@H](C)c3ccccc3)cc(S(=O)(=O)NC(C)C)c2)c(Cl)c1OC. The van der Waals surface area contributed by atoms with E-state index in [2.05, 4.69) is 15.4 Å². The molecule has 3 aromatic carbocycles. The van der Waals surface area contributed by atoms with Gasteiger partial charge in [0.15, 0.2) is 11.5 Å². The smallest absolute Gasteiger partial charge is 0.251 e. The zero-order valence-corrected chi connectivity index (χ0v) is 23.0. The third-order valence-corrected chi connectivity index (χ3v) is 7.62. The molecule has 1 amide bonds. The number of sulfonamides is 1. The number of rotatable bonds is 11. The van der Waals surface area contributed by atoms with Crippen LogP contribution in [0.4, 0.5) is 5.69 Å². The van der Waals surface area contributed by atoms with Crippen LogP contribution in [-0.4, -0.2) is 34.6 Å². The van der Waals surface area contributed by atoms with Crippen LogP contribution < -0.4 is 24.8 Å². The van der Waals surface area contributed by atoms with Crippen molar-refractivity contribution in [2.45, 2.75) is 44.3 Å². The van der Waals surface area contributed by atoms with E-state index in [1.807, 2.05) is 37.3 Å². The van der Waals surface area contributed by atoms with E-state index in [1.54, 1.807) is 32.0 Å². The van der Waals surface area contributed by atoms with Gasteiger partial charge in [0.25, 0.3) is 5.91 Å². The molecule has 0 aromatic heterocycles. The Hall–Kier alpha value is -3.27. The Kier molecular flexibility index (Phi) is 9.42. The number of ether oxygens (including phenoxy) is 2.